The lowest BCUT2D eigenvalue weighted by Crippen LogP contribution is -1.79. The van der Waals surface area contributed by atoms with Gasteiger partial charge in [0.25, 0.3) is 0 Å². The van der Waals surface area contributed by atoms with Crippen LogP contribution in [0.3, 0.4) is 0 Å². The van der Waals surface area contributed by atoms with Gasteiger partial charge in [-0.15, -0.1) is 22.7 Å². The van der Waals surface area contributed by atoms with E-state index in [2.05, 4.69) is 326 Å². The molecule has 0 aliphatic carbocycles. The van der Waals surface area contributed by atoms with Crippen molar-refractivity contribution in [2.45, 2.75) is 0 Å². The van der Waals surface area contributed by atoms with Crippen LogP contribution in [0.4, 0.5) is 0 Å². The summed E-state index contributed by atoms with van der Waals surface area (Å²) in [6.45, 7) is 0. The van der Waals surface area contributed by atoms with Gasteiger partial charge in [0.2, 0.25) is 0 Å². The highest BCUT2D eigenvalue weighted by molar-refractivity contribution is 14.1. The van der Waals surface area contributed by atoms with Crippen molar-refractivity contribution in [2.75, 3.05) is 0 Å². The Bertz CT molecular complexity index is 2960. The van der Waals surface area contributed by atoms with Crippen LogP contribution < -0.4 is 0 Å². The fraction of sp³-hybridized carbons (Fsp3) is 0. The number of rotatable bonds is 1. The molecule has 1 nitrogen and oxygen atoms in total. The number of fused-ring (bicyclic) bond motifs is 9. The second-order valence-corrected chi connectivity index (χ2v) is 25.3. The Morgan fingerprint density at radius 3 is 1.03 bits per heavy atom. The molecule has 0 aliphatic rings. The first kappa shape index (κ1) is 45.4. The van der Waals surface area contributed by atoms with Gasteiger partial charge in [-0.2, -0.15) is 0 Å². The Morgan fingerprint density at radius 1 is 0.271 bits per heavy atom. The van der Waals surface area contributed by atoms with Crippen LogP contribution in [-0.2, 0) is 0 Å². The van der Waals surface area contributed by atoms with Crippen molar-refractivity contribution in [1.29, 1.82) is 0 Å². The maximum absolute atomic E-state index is 5.76. The van der Waals surface area contributed by atoms with Gasteiger partial charge in [-0.1, -0.05) is 36.4 Å². The highest BCUT2D eigenvalue weighted by Crippen LogP contribution is 2.37. The molecular weight excluding hydrogens is 1670 g/mol. The summed E-state index contributed by atoms with van der Waals surface area (Å²) in [5.74, 6) is 0. The lowest BCUT2D eigenvalue weighted by Gasteiger charge is -2.02. The van der Waals surface area contributed by atoms with Gasteiger partial charge in [0.05, 0.1) is 0 Å². The second-order valence-electron chi connectivity index (χ2n) is 13.2. The summed E-state index contributed by atoms with van der Waals surface area (Å²) in [5.41, 5.74) is 4.51. The predicted octanol–water partition coefficient (Wildman–Crippen LogP) is 19.9. The molecule has 59 heavy (non-hydrogen) atoms. The van der Waals surface area contributed by atoms with Crippen molar-refractivity contribution in [1.82, 2.24) is 0 Å². The predicted molar refractivity (Wildman–Crippen MR) is 326 cm³/mol. The van der Waals surface area contributed by atoms with E-state index in [1.807, 2.05) is 34.8 Å². The maximum atomic E-state index is 5.76. The zero-order valence-corrected chi connectivity index (χ0v) is 49.2. The molecule has 0 radical (unpaired) electrons. The summed E-state index contributed by atoms with van der Waals surface area (Å²) >= 11 is 22.5. The summed E-state index contributed by atoms with van der Waals surface area (Å²) in [7, 11) is 0. The molecule has 3 aromatic heterocycles. The van der Waals surface area contributed by atoms with E-state index in [9.17, 15) is 0 Å². The van der Waals surface area contributed by atoms with Crippen LogP contribution in [0.25, 0.3) is 73.4 Å². The SMILES string of the molecule is Ic1ccc2c(c1)sc1cc(I)ccc12.Ic1ccc2oc3ccc(I)cc3c2c1.Ic1ccc2sc3ccc(I)cc3c2c1.Ic1cccc(-c2cccc(I)c2)c1. The minimum atomic E-state index is 0.965. The normalized spacial score (nSPS) is 11.1. The third kappa shape index (κ3) is 11.4. The van der Waals surface area contributed by atoms with Crippen molar-refractivity contribution in [2.24, 2.45) is 0 Å². The van der Waals surface area contributed by atoms with E-state index in [4.69, 9.17) is 4.42 Å². The topological polar surface area (TPSA) is 13.1 Å². The van der Waals surface area contributed by atoms with Gasteiger partial charge in [0.15, 0.2) is 0 Å². The molecule has 0 unspecified atom stereocenters. The number of furan rings is 1. The fourth-order valence-corrected chi connectivity index (χ4v) is 13.2. The molecule has 0 saturated carbocycles. The summed E-state index contributed by atoms with van der Waals surface area (Å²) < 4.78 is 21.5. The average Bonchev–Trinajstić information content (AvgIpc) is 3.88. The van der Waals surface area contributed by atoms with Gasteiger partial charge in [-0.3, -0.25) is 0 Å². The highest BCUT2D eigenvalue weighted by atomic mass is 127. The first-order chi connectivity index (χ1) is 28.5. The van der Waals surface area contributed by atoms with E-state index in [0.717, 1.165) is 11.2 Å². The van der Waals surface area contributed by atoms with E-state index in [-0.39, 0.29) is 0 Å². The van der Waals surface area contributed by atoms with Crippen LogP contribution in [0.15, 0.2) is 162 Å². The van der Waals surface area contributed by atoms with E-state index in [1.54, 1.807) is 0 Å². The minimum absolute atomic E-state index is 0.965. The van der Waals surface area contributed by atoms with Gasteiger partial charge in [0.1, 0.15) is 11.2 Å². The smallest absolute Gasteiger partial charge is 0.135 e. The molecule has 0 fully saturated rings. The van der Waals surface area contributed by atoms with E-state index >= 15 is 0 Å². The lowest BCUT2D eigenvalue weighted by molar-refractivity contribution is 0.669. The first-order valence-corrected chi connectivity index (χ1v) is 28.1. The Morgan fingerprint density at radius 2 is 0.610 bits per heavy atom. The van der Waals surface area contributed by atoms with E-state index < -0.39 is 0 Å². The minimum Gasteiger partial charge on any atom is -0.456 e. The average molecular weight is 1700 g/mol. The molecule has 0 aliphatic heterocycles. The molecular formula is C48H26I8OS2. The maximum Gasteiger partial charge on any atom is 0.135 e. The standard InChI is InChI=1S/C12H6I2O.2C12H6I2S.C12H8I2/c2*13-7-1-3-11-9(5-7)10-6-8(14)2-4-12(10)15-11;13-7-1-3-9-10-4-2-8(14)6-12(10)15-11(9)5-7;13-11-5-1-3-9(7-11)10-4-2-6-12(14)8-10/h3*1-6H;1-8H. The number of halogens is 8. The number of benzene rings is 8. The molecule has 8 aromatic carbocycles. The molecule has 0 N–H and O–H groups in total. The molecule has 11 heteroatoms. The quantitative estimate of drug-likeness (QED) is 0.149. The summed E-state index contributed by atoms with van der Waals surface area (Å²) in [6, 6.07) is 56.2. The Labute approximate surface area is 459 Å². The van der Waals surface area contributed by atoms with E-state index in [0.29, 0.717) is 0 Å². The number of thiophene rings is 2. The Hall–Kier alpha value is -0.160. The van der Waals surface area contributed by atoms with Gasteiger partial charge < -0.3 is 4.42 Å². The van der Waals surface area contributed by atoms with Crippen LogP contribution in [-0.4, -0.2) is 0 Å². The van der Waals surface area contributed by atoms with Gasteiger partial charge in [-0.05, 0) is 313 Å². The molecule has 0 spiro atoms. The summed E-state index contributed by atoms with van der Waals surface area (Å²) in [6.07, 6.45) is 0. The Kier molecular flexibility index (Phi) is 16.0. The number of hydrogen-bond acceptors (Lipinski definition) is 3. The molecule has 11 rings (SSSR count). The lowest BCUT2D eigenvalue weighted by atomic mass is 10.1. The third-order valence-electron chi connectivity index (χ3n) is 9.17. The molecule has 0 saturated heterocycles. The first-order valence-electron chi connectivity index (χ1n) is 17.8. The fourth-order valence-electron chi connectivity index (χ4n) is 6.50. The van der Waals surface area contributed by atoms with Gasteiger partial charge in [-0.25, -0.2) is 0 Å². The molecule has 0 amide bonds. The monoisotopic (exact) mass is 1700 g/mol. The van der Waals surface area contributed by atoms with Crippen LogP contribution in [0.2, 0.25) is 0 Å². The summed E-state index contributed by atoms with van der Waals surface area (Å²) in [5, 5.41) is 7.95. The molecule has 11 aromatic rings. The van der Waals surface area contributed by atoms with Crippen LogP contribution >= 0.6 is 203 Å². The van der Waals surface area contributed by atoms with Gasteiger partial charge >= 0.3 is 0 Å². The van der Waals surface area contributed by atoms with Crippen LogP contribution in [0, 0.1) is 28.6 Å². The zero-order chi connectivity index (χ0) is 41.2. The third-order valence-corrected chi connectivity index (χ3v) is 16.8. The van der Waals surface area contributed by atoms with Crippen molar-refractivity contribution < 1.29 is 4.42 Å². The molecule has 292 valence electrons. The molecule has 0 bridgehead atoms. The van der Waals surface area contributed by atoms with Crippen molar-refractivity contribution >= 4 is 266 Å². The van der Waals surface area contributed by atoms with Crippen LogP contribution in [0.5, 0.6) is 0 Å². The summed E-state index contributed by atoms with van der Waals surface area (Å²) in [4.78, 5) is 0. The number of hydrogen-bond donors (Lipinski definition) is 0. The molecule has 0 atom stereocenters. The van der Waals surface area contributed by atoms with E-state index in [1.165, 1.54) is 90.8 Å². The van der Waals surface area contributed by atoms with Crippen molar-refractivity contribution in [3.05, 3.63) is 186 Å². The van der Waals surface area contributed by atoms with Crippen molar-refractivity contribution in [3.8, 4) is 11.1 Å². The Balaban J connectivity index is 0.000000109. The van der Waals surface area contributed by atoms with Crippen molar-refractivity contribution in [3.63, 3.8) is 0 Å². The zero-order valence-electron chi connectivity index (χ0n) is 30.3. The highest BCUT2D eigenvalue weighted by Gasteiger charge is 2.08. The largest absolute Gasteiger partial charge is 0.456 e. The van der Waals surface area contributed by atoms with Crippen LogP contribution in [0.1, 0.15) is 0 Å². The van der Waals surface area contributed by atoms with Gasteiger partial charge in [0, 0.05) is 79.7 Å². The molecule has 3 heterocycles. The second kappa shape index (κ2) is 20.8.